The van der Waals surface area contributed by atoms with Gasteiger partial charge in [0.05, 0.1) is 11.1 Å². The number of Topliss-reactive ketones (excluding diaryl/α,β-unsaturated/α-hetero) is 1. The van der Waals surface area contributed by atoms with Gasteiger partial charge in [0.25, 0.3) is 0 Å². The van der Waals surface area contributed by atoms with Gasteiger partial charge in [-0.2, -0.15) is 0 Å². The number of piperidine rings is 1. The summed E-state index contributed by atoms with van der Waals surface area (Å²) in [6, 6.07) is 5.59. The zero-order chi connectivity index (χ0) is 17.4. The molecule has 1 N–H and O–H groups in total. The van der Waals surface area contributed by atoms with Gasteiger partial charge < -0.3 is 9.84 Å². The molecule has 4 nitrogen and oxygen atoms in total. The molecule has 0 saturated carbocycles. The van der Waals surface area contributed by atoms with Crippen molar-refractivity contribution in [3.63, 3.8) is 0 Å². The number of allylic oxidation sites excluding steroid dienone is 1. The van der Waals surface area contributed by atoms with Crippen molar-refractivity contribution in [2.75, 3.05) is 13.1 Å². The largest absolute Gasteiger partial charge is 0.507 e. The number of phenols is 1. The molecule has 3 heterocycles. The van der Waals surface area contributed by atoms with E-state index < -0.39 is 0 Å². The average molecular weight is 355 g/mol. The van der Waals surface area contributed by atoms with Gasteiger partial charge in [0.2, 0.25) is 5.78 Å². The molecule has 0 aliphatic carbocycles. The Kier molecular flexibility index (Phi) is 4.36. The van der Waals surface area contributed by atoms with Crippen LogP contribution in [0.3, 0.4) is 0 Å². The number of aryl methyl sites for hydroxylation is 1. The average Bonchev–Trinajstić information content (AvgIpc) is 3.22. The second-order valence-electron chi connectivity index (χ2n) is 6.69. The lowest BCUT2D eigenvalue weighted by molar-refractivity contribution is 0.101. The van der Waals surface area contributed by atoms with Crippen LogP contribution in [0.25, 0.3) is 6.08 Å². The van der Waals surface area contributed by atoms with Crippen molar-refractivity contribution < 1.29 is 14.6 Å². The maximum atomic E-state index is 12.8. The number of nitrogens with zero attached hydrogens (tertiary/aromatic N) is 1. The van der Waals surface area contributed by atoms with Crippen LogP contribution in [0.5, 0.6) is 11.5 Å². The van der Waals surface area contributed by atoms with Gasteiger partial charge in [-0.05, 0) is 55.9 Å². The van der Waals surface area contributed by atoms with E-state index in [0.717, 1.165) is 29.1 Å². The zero-order valence-corrected chi connectivity index (χ0v) is 15.1. The zero-order valence-electron chi connectivity index (χ0n) is 14.2. The fourth-order valence-electron chi connectivity index (χ4n) is 3.58. The van der Waals surface area contributed by atoms with Gasteiger partial charge in [0, 0.05) is 17.5 Å². The SMILES string of the molecule is Cc1cc(O)c(CN2CCCCC2)c2c1C(=O)/C(=C/c1cccs1)O2. The van der Waals surface area contributed by atoms with Crippen molar-refractivity contribution in [3.05, 3.63) is 50.9 Å². The maximum absolute atomic E-state index is 12.8. The Morgan fingerprint density at radius 1 is 1.32 bits per heavy atom. The number of hydrogen-bond donors (Lipinski definition) is 1. The van der Waals surface area contributed by atoms with Gasteiger partial charge in [-0.3, -0.25) is 9.69 Å². The number of thiophene rings is 1. The summed E-state index contributed by atoms with van der Waals surface area (Å²) in [7, 11) is 0. The first-order valence-corrected chi connectivity index (χ1v) is 9.57. The lowest BCUT2D eigenvalue weighted by Gasteiger charge is -2.27. The predicted molar refractivity (Wildman–Crippen MR) is 99.2 cm³/mol. The molecule has 0 atom stereocenters. The van der Waals surface area contributed by atoms with E-state index in [1.807, 2.05) is 24.4 Å². The molecular weight excluding hydrogens is 334 g/mol. The number of hydrogen-bond acceptors (Lipinski definition) is 5. The van der Waals surface area contributed by atoms with E-state index in [9.17, 15) is 9.90 Å². The standard InChI is InChI=1S/C20H21NO3S/c1-13-10-16(22)15(12-21-7-3-2-4-8-21)20-18(13)19(23)17(24-20)11-14-6-5-9-25-14/h5-6,9-11,22H,2-4,7-8,12H2,1H3/b17-11-. The maximum Gasteiger partial charge on any atom is 0.232 e. The van der Waals surface area contributed by atoms with E-state index in [-0.39, 0.29) is 11.5 Å². The summed E-state index contributed by atoms with van der Waals surface area (Å²) in [4.78, 5) is 16.1. The lowest BCUT2D eigenvalue weighted by Crippen LogP contribution is -2.29. The van der Waals surface area contributed by atoms with Crippen molar-refractivity contribution in [3.8, 4) is 11.5 Å². The molecule has 2 aromatic rings. The highest BCUT2D eigenvalue weighted by Gasteiger charge is 2.33. The third-order valence-electron chi connectivity index (χ3n) is 4.87. The molecule has 0 unspecified atom stereocenters. The molecule has 0 spiro atoms. The molecule has 0 bridgehead atoms. The summed E-state index contributed by atoms with van der Waals surface area (Å²) in [5.41, 5.74) is 2.08. The first-order chi connectivity index (χ1) is 12.1. The molecule has 25 heavy (non-hydrogen) atoms. The fraction of sp³-hybridized carbons (Fsp3) is 0.350. The molecule has 2 aliphatic heterocycles. The van der Waals surface area contributed by atoms with Crippen LogP contribution in [-0.4, -0.2) is 28.9 Å². The number of likely N-dealkylation sites (tertiary alicyclic amines) is 1. The van der Waals surface area contributed by atoms with Crippen LogP contribution in [0.15, 0.2) is 29.3 Å². The Labute approximate surface area is 151 Å². The van der Waals surface area contributed by atoms with Crippen LogP contribution in [0.1, 0.15) is 45.6 Å². The number of fused-ring (bicyclic) bond motifs is 1. The normalized spacial score (nSPS) is 19.2. The Morgan fingerprint density at radius 2 is 2.12 bits per heavy atom. The Balaban J connectivity index is 1.71. The molecule has 2 aliphatic rings. The molecule has 1 aromatic heterocycles. The molecular formula is C20H21NO3S. The van der Waals surface area contributed by atoms with Gasteiger partial charge in [0.15, 0.2) is 5.76 Å². The number of ketones is 1. The summed E-state index contributed by atoms with van der Waals surface area (Å²) < 4.78 is 5.96. The number of carbonyl (C=O) groups is 1. The number of benzene rings is 1. The summed E-state index contributed by atoms with van der Waals surface area (Å²) in [6.45, 7) is 4.51. The van der Waals surface area contributed by atoms with Gasteiger partial charge in [0.1, 0.15) is 11.5 Å². The Morgan fingerprint density at radius 3 is 2.84 bits per heavy atom. The quantitative estimate of drug-likeness (QED) is 0.831. The minimum absolute atomic E-state index is 0.0965. The molecule has 5 heteroatoms. The minimum atomic E-state index is -0.0965. The van der Waals surface area contributed by atoms with Crippen LogP contribution < -0.4 is 4.74 Å². The molecule has 0 amide bonds. The van der Waals surface area contributed by atoms with Gasteiger partial charge in [-0.15, -0.1) is 11.3 Å². The number of aromatic hydroxyl groups is 1. The topological polar surface area (TPSA) is 49.8 Å². The summed E-state index contributed by atoms with van der Waals surface area (Å²) in [5.74, 6) is 0.995. The first-order valence-electron chi connectivity index (χ1n) is 8.69. The molecule has 0 radical (unpaired) electrons. The monoisotopic (exact) mass is 355 g/mol. The minimum Gasteiger partial charge on any atom is -0.507 e. The van der Waals surface area contributed by atoms with E-state index in [1.165, 1.54) is 19.3 Å². The lowest BCUT2D eigenvalue weighted by atomic mass is 9.99. The number of carbonyl (C=O) groups excluding carboxylic acids is 1. The highest BCUT2D eigenvalue weighted by atomic mass is 32.1. The van der Waals surface area contributed by atoms with E-state index in [0.29, 0.717) is 23.6 Å². The Hall–Kier alpha value is -2.11. The van der Waals surface area contributed by atoms with Crippen LogP contribution in [0.2, 0.25) is 0 Å². The molecule has 1 fully saturated rings. The van der Waals surface area contributed by atoms with Crippen LogP contribution in [0, 0.1) is 6.92 Å². The smallest absolute Gasteiger partial charge is 0.232 e. The van der Waals surface area contributed by atoms with E-state index in [1.54, 1.807) is 23.5 Å². The van der Waals surface area contributed by atoms with Crippen molar-refractivity contribution in [2.45, 2.75) is 32.7 Å². The second-order valence-corrected chi connectivity index (χ2v) is 7.67. The summed E-state index contributed by atoms with van der Waals surface area (Å²) >= 11 is 1.56. The third kappa shape index (κ3) is 3.10. The van der Waals surface area contributed by atoms with Crippen LogP contribution in [-0.2, 0) is 6.54 Å². The third-order valence-corrected chi connectivity index (χ3v) is 5.69. The molecule has 1 aromatic carbocycles. The van der Waals surface area contributed by atoms with Crippen molar-refractivity contribution >= 4 is 23.2 Å². The van der Waals surface area contributed by atoms with Crippen molar-refractivity contribution in [1.29, 1.82) is 0 Å². The van der Waals surface area contributed by atoms with Gasteiger partial charge in [-0.25, -0.2) is 0 Å². The van der Waals surface area contributed by atoms with E-state index in [2.05, 4.69) is 4.90 Å². The van der Waals surface area contributed by atoms with E-state index in [4.69, 9.17) is 4.74 Å². The van der Waals surface area contributed by atoms with Gasteiger partial charge >= 0.3 is 0 Å². The van der Waals surface area contributed by atoms with Crippen molar-refractivity contribution in [2.24, 2.45) is 0 Å². The first kappa shape index (κ1) is 16.4. The number of ether oxygens (including phenoxy) is 1. The molecule has 1 saturated heterocycles. The highest BCUT2D eigenvalue weighted by molar-refractivity contribution is 7.10. The molecule has 130 valence electrons. The van der Waals surface area contributed by atoms with E-state index >= 15 is 0 Å². The molecule has 4 rings (SSSR count). The highest BCUT2D eigenvalue weighted by Crippen LogP contribution is 2.42. The number of rotatable bonds is 3. The van der Waals surface area contributed by atoms with Crippen LogP contribution in [0.4, 0.5) is 0 Å². The second kappa shape index (κ2) is 6.65. The summed E-state index contributed by atoms with van der Waals surface area (Å²) in [5, 5.41) is 12.5. The predicted octanol–water partition coefficient (Wildman–Crippen LogP) is 4.36. The Bertz CT molecular complexity index is 833. The van der Waals surface area contributed by atoms with Crippen molar-refractivity contribution in [1.82, 2.24) is 4.90 Å². The van der Waals surface area contributed by atoms with Gasteiger partial charge in [-0.1, -0.05) is 12.5 Å². The number of phenolic OH excluding ortho intramolecular Hbond substituents is 1. The van der Waals surface area contributed by atoms with Crippen LogP contribution >= 0.6 is 11.3 Å². The summed E-state index contributed by atoms with van der Waals surface area (Å²) in [6.07, 6.45) is 5.40. The fourth-order valence-corrected chi connectivity index (χ4v) is 4.22.